The van der Waals surface area contributed by atoms with Crippen LogP contribution in [0.15, 0.2) is 42.5 Å². The van der Waals surface area contributed by atoms with Gasteiger partial charge in [0.1, 0.15) is 0 Å². The summed E-state index contributed by atoms with van der Waals surface area (Å²) in [6, 6.07) is 7.76. The van der Waals surface area contributed by atoms with Gasteiger partial charge in [0.25, 0.3) is 0 Å². The molecule has 168 valence electrons. The Morgan fingerprint density at radius 2 is 1.72 bits per heavy atom. The second-order valence-electron chi connectivity index (χ2n) is 7.22. The van der Waals surface area contributed by atoms with E-state index in [-0.39, 0.29) is 22.5 Å². The van der Waals surface area contributed by atoms with E-state index in [1.165, 1.54) is 38.1 Å². The van der Waals surface area contributed by atoms with Crippen molar-refractivity contribution in [1.29, 1.82) is 0 Å². The highest BCUT2D eigenvalue weighted by Crippen LogP contribution is 2.31. The number of sulfonamides is 1. The Labute approximate surface area is 184 Å². The van der Waals surface area contributed by atoms with Gasteiger partial charge in [-0.3, -0.25) is 4.72 Å². The van der Waals surface area contributed by atoms with Crippen molar-refractivity contribution in [2.24, 2.45) is 0 Å². The summed E-state index contributed by atoms with van der Waals surface area (Å²) < 4.78 is 79.7. The molecule has 0 radical (unpaired) electrons. The van der Waals surface area contributed by atoms with Crippen LogP contribution >= 0.6 is 0 Å². The number of hydrogen-bond donors (Lipinski definition) is 1. The average Bonchev–Trinajstić information content (AvgIpc) is 3.04. The number of nitrogens with zero attached hydrogens (tertiary/aromatic N) is 2. The summed E-state index contributed by atoms with van der Waals surface area (Å²) in [5, 5.41) is -0.893. The summed E-state index contributed by atoms with van der Waals surface area (Å²) in [5.41, 5.74) is 1.30. The van der Waals surface area contributed by atoms with Crippen LogP contribution in [0.2, 0.25) is 0 Å². The van der Waals surface area contributed by atoms with E-state index < -0.39 is 36.9 Å². The van der Waals surface area contributed by atoms with E-state index in [0.717, 1.165) is 22.4 Å². The highest BCUT2D eigenvalue weighted by Gasteiger charge is 2.27. The third-order valence-electron chi connectivity index (χ3n) is 4.51. The lowest BCUT2D eigenvalue weighted by Gasteiger charge is -2.14. The quantitative estimate of drug-likeness (QED) is 0.547. The molecule has 0 unspecified atom stereocenters. The van der Waals surface area contributed by atoms with E-state index in [4.69, 9.17) is 6.42 Å². The monoisotopic (exact) mass is 479 g/mol. The Balaban J connectivity index is 2.32. The summed E-state index contributed by atoms with van der Waals surface area (Å²) in [7, 11) is -7.87. The molecule has 0 bridgehead atoms. The Morgan fingerprint density at radius 1 is 1.09 bits per heavy atom. The summed E-state index contributed by atoms with van der Waals surface area (Å²) in [6.07, 6.45) is 7.62. The van der Waals surface area contributed by atoms with E-state index in [2.05, 4.69) is 15.6 Å². The van der Waals surface area contributed by atoms with Crippen LogP contribution in [0.1, 0.15) is 25.0 Å². The number of benzene rings is 2. The first kappa shape index (κ1) is 23.4. The number of aromatic nitrogens is 2. The maximum atomic E-state index is 13.8. The predicted octanol–water partition coefficient (Wildman–Crippen LogP) is 3.34. The van der Waals surface area contributed by atoms with Crippen molar-refractivity contribution in [1.82, 2.24) is 8.96 Å². The summed E-state index contributed by atoms with van der Waals surface area (Å²) in [5.74, 6) is -0.147. The van der Waals surface area contributed by atoms with Gasteiger partial charge in [-0.1, -0.05) is 18.1 Å². The van der Waals surface area contributed by atoms with Crippen molar-refractivity contribution >= 4 is 42.6 Å². The van der Waals surface area contributed by atoms with Crippen LogP contribution in [-0.2, 0) is 20.0 Å². The molecule has 0 aliphatic carbocycles. The molecule has 3 aromatic rings. The van der Waals surface area contributed by atoms with Gasteiger partial charge in [0.15, 0.2) is 11.6 Å². The van der Waals surface area contributed by atoms with Crippen LogP contribution in [0, 0.1) is 24.0 Å². The van der Waals surface area contributed by atoms with Gasteiger partial charge < -0.3 is 0 Å². The predicted molar refractivity (Wildman–Crippen MR) is 120 cm³/mol. The van der Waals surface area contributed by atoms with Gasteiger partial charge in [0.05, 0.1) is 22.5 Å². The van der Waals surface area contributed by atoms with Gasteiger partial charge in [-0.05, 0) is 60.9 Å². The van der Waals surface area contributed by atoms with Gasteiger partial charge in [-0.25, -0.2) is 34.6 Å². The molecular weight excluding hydrogens is 460 g/mol. The Morgan fingerprint density at radius 3 is 2.28 bits per heavy atom. The van der Waals surface area contributed by atoms with Crippen LogP contribution in [0.4, 0.5) is 14.7 Å². The molecule has 0 saturated heterocycles. The Kier molecular flexibility index (Phi) is 6.13. The van der Waals surface area contributed by atoms with Crippen molar-refractivity contribution in [3.63, 3.8) is 0 Å². The van der Waals surface area contributed by atoms with Gasteiger partial charge >= 0.3 is 0 Å². The van der Waals surface area contributed by atoms with Gasteiger partial charge in [0, 0.05) is 0 Å². The third-order valence-corrected chi connectivity index (χ3v) is 7.13. The molecule has 0 aliphatic rings. The molecule has 0 amide bonds. The molecule has 7 nitrogen and oxygen atoms in total. The fourth-order valence-electron chi connectivity index (χ4n) is 3.00. The zero-order valence-electron chi connectivity index (χ0n) is 17.3. The van der Waals surface area contributed by atoms with E-state index in [1.54, 1.807) is 6.07 Å². The topological polar surface area (TPSA) is 98.1 Å². The van der Waals surface area contributed by atoms with Gasteiger partial charge in [-0.15, -0.1) is 6.42 Å². The van der Waals surface area contributed by atoms with Crippen molar-refractivity contribution in [3.8, 4) is 12.3 Å². The summed E-state index contributed by atoms with van der Waals surface area (Å²) >= 11 is 0. The van der Waals surface area contributed by atoms with Gasteiger partial charge in [0.2, 0.25) is 26.0 Å². The smallest absolute Gasteiger partial charge is 0.244 e. The van der Waals surface area contributed by atoms with Crippen molar-refractivity contribution < 1.29 is 25.6 Å². The molecule has 1 heterocycles. The lowest BCUT2D eigenvalue weighted by atomic mass is 9.97. The van der Waals surface area contributed by atoms with E-state index in [1.807, 2.05) is 0 Å². The van der Waals surface area contributed by atoms with Crippen LogP contribution in [0.5, 0.6) is 0 Å². The number of hydrogen-bond acceptors (Lipinski definition) is 5. The molecule has 2 aromatic carbocycles. The van der Waals surface area contributed by atoms with E-state index in [9.17, 15) is 25.6 Å². The molecular formula is C21H19F2N3O4S2. The zero-order valence-corrected chi connectivity index (χ0v) is 18.9. The van der Waals surface area contributed by atoms with E-state index >= 15 is 0 Å². The number of anilines is 1. The lowest BCUT2D eigenvalue weighted by Crippen LogP contribution is -2.25. The Hall–Kier alpha value is -3.23. The number of fused-ring (bicyclic) bond motifs is 1. The summed E-state index contributed by atoms with van der Waals surface area (Å²) in [6.45, 7) is 2.89. The number of allylic oxidation sites excluding steroid dienone is 1. The SMILES string of the molecule is C#C/C=C(\c1ccc(F)c(F)c1)c1ccc2nc(NS(C)(=O)=O)n(S(=O)(=O)C(C)C)c2c1. The van der Waals surface area contributed by atoms with Crippen molar-refractivity contribution in [2.45, 2.75) is 19.1 Å². The van der Waals surface area contributed by atoms with Crippen LogP contribution in [-0.4, -0.2) is 37.3 Å². The van der Waals surface area contributed by atoms with E-state index in [0.29, 0.717) is 11.1 Å². The highest BCUT2D eigenvalue weighted by molar-refractivity contribution is 7.92. The number of rotatable bonds is 6. The molecule has 32 heavy (non-hydrogen) atoms. The second-order valence-corrected chi connectivity index (χ2v) is 11.3. The molecule has 0 aliphatic heterocycles. The van der Waals surface area contributed by atoms with Gasteiger partial charge in [-0.2, -0.15) is 0 Å². The number of halogens is 2. The second kappa shape index (κ2) is 8.37. The Bertz CT molecular complexity index is 1500. The lowest BCUT2D eigenvalue weighted by molar-refractivity contribution is 0.508. The van der Waals surface area contributed by atoms with Crippen molar-refractivity contribution in [3.05, 3.63) is 65.2 Å². The molecule has 1 aromatic heterocycles. The van der Waals surface area contributed by atoms with Crippen LogP contribution < -0.4 is 4.72 Å². The number of imidazole rings is 1. The maximum Gasteiger partial charge on any atom is 0.244 e. The first-order valence-corrected chi connectivity index (χ1v) is 12.6. The third kappa shape index (κ3) is 4.51. The van der Waals surface area contributed by atoms with Crippen LogP contribution in [0.25, 0.3) is 16.6 Å². The largest absolute Gasteiger partial charge is 0.252 e. The number of nitrogens with one attached hydrogen (secondary N) is 1. The fraction of sp³-hybridized carbons (Fsp3) is 0.190. The molecule has 0 atom stereocenters. The number of terminal acetylenes is 1. The normalized spacial score (nSPS) is 12.8. The minimum absolute atomic E-state index is 0.0906. The zero-order chi connectivity index (χ0) is 23.8. The minimum Gasteiger partial charge on any atom is -0.252 e. The molecule has 0 fully saturated rings. The molecule has 3 rings (SSSR count). The first-order valence-electron chi connectivity index (χ1n) is 9.22. The molecule has 0 saturated carbocycles. The fourth-order valence-corrected chi connectivity index (χ4v) is 4.70. The standard InChI is InChI=1S/C21H19F2N3O4S2/c1-5-6-16(14-7-9-17(22)18(23)11-14)15-8-10-19-20(12-15)26(32(29,30)13(2)3)21(24-19)25-31(4,27)28/h1,6-13H,2-4H3,(H,24,25)/b16-6+. The average molecular weight is 480 g/mol. The maximum absolute atomic E-state index is 13.8. The van der Waals surface area contributed by atoms with Crippen LogP contribution in [0.3, 0.4) is 0 Å². The molecule has 0 spiro atoms. The molecule has 1 N–H and O–H groups in total. The molecule has 11 heteroatoms. The summed E-state index contributed by atoms with van der Waals surface area (Å²) in [4.78, 5) is 4.12. The minimum atomic E-state index is -4.04. The van der Waals surface area contributed by atoms with Crippen molar-refractivity contribution in [2.75, 3.05) is 11.0 Å². The highest BCUT2D eigenvalue weighted by atomic mass is 32.2. The first-order chi connectivity index (χ1) is 14.8.